The zero-order chi connectivity index (χ0) is 15.1. The second-order valence-electron chi connectivity index (χ2n) is 5.21. The van der Waals surface area contributed by atoms with Crippen molar-refractivity contribution in [2.24, 2.45) is 0 Å². The number of rotatable bonds is 5. The van der Waals surface area contributed by atoms with E-state index < -0.39 is 0 Å². The average Bonchev–Trinajstić information content (AvgIpc) is 2.54. The summed E-state index contributed by atoms with van der Waals surface area (Å²) in [6.45, 7) is 5.39. The van der Waals surface area contributed by atoms with Crippen LogP contribution < -0.4 is 0 Å². The molecule has 112 valence electrons. The molecule has 1 aromatic rings. The van der Waals surface area contributed by atoms with E-state index in [-0.39, 0.29) is 5.97 Å². The molecule has 0 bridgehead atoms. The zero-order valence-electron chi connectivity index (χ0n) is 12.4. The van der Waals surface area contributed by atoms with Crippen LogP contribution in [-0.4, -0.2) is 55.6 Å². The lowest BCUT2D eigenvalue weighted by Crippen LogP contribution is -2.46. The predicted octanol–water partition coefficient (Wildman–Crippen LogP) is 1.24. The molecule has 21 heavy (non-hydrogen) atoms. The molecule has 0 spiro atoms. The molecule has 5 nitrogen and oxygen atoms in total. The summed E-state index contributed by atoms with van der Waals surface area (Å²) in [6.07, 6.45) is 0.452. The van der Waals surface area contributed by atoms with Crippen molar-refractivity contribution >= 4 is 5.97 Å². The lowest BCUT2D eigenvalue weighted by molar-refractivity contribution is -0.141. The van der Waals surface area contributed by atoms with E-state index >= 15 is 0 Å². The molecular weight excluding hydrogens is 266 g/mol. The van der Waals surface area contributed by atoms with Crippen molar-refractivity contribution in [1.29, 1.82) is 5.26 Å². The molecule has 0 saturated carbocycles. The zero-order valence-corrected chi connectivity index (χ0v) is 12.4. The van der Waals surface area contributed by atoms with Crippen LogP contribution >= 0.6 is 0 Å². The predicted molar refractivity (Wildman–Crippen MR) is 79.5 cm³/mol. The molecule has 0 unspecified atom stereocenters. The van der Waals surface area contributed by atoms with Crippen molar-refractivity contribution in [3.05, 3.63) is 35.4 Å². The molecule has 1 aromatic carbocycles. The number of benzene rings is 1. The highest BCUT2D eigenvalue weighted by atomic mass is 16.5. The van der Waals surface area contributed by atoms with Gasteiger partial charge in [0, 0.05) is 39.3 Å². The number of nitriles is 1. The fourth-order valence-electron chi connectivity index (χ4n) is 2.53. The minimum atomic E-state index is -0.152. The molecule has 0 aromatic heterocycles. The summed E-state index contributed by atoms with van der Waals surface area (Å²) in [5, 5.41) is 9.11. The Kier molecular flexibility index (Phi) is 5.73. The molecule has 1 heterocycles. The van der Waals surface area contributed by atoms with E-state index in [4.69, 9.17) is 5.26 Å². The van der Waals surface area contributed by atoms with Gasteiger partial charge in [0.1, 0.15) is 0 Å². The third-order valence-corrected chi connectivity index (χ3v) is 3.86. The number of hydrogen-bond donors (Lipinski definition) is 0. The summed E-state index contributed by atoms with van der Waals surface area (Å²) in [5.41, 5.74) is 1.84. The Morgan fingerprint density at radius 2 is 1.90 bits per heavy atom. The van der Waals surface area contributed by atoms with Crippen LogP contribution in [-0.2, 0) is 16.1 Å². The van der Waals surface area contributed by atoms with E-state index in [2.05, 4.69) is 20.6 Å². The normalized spacial score (nSPS) is 16.4. The van der Waals surface area contributed by atoms with Gasteiger partial charge in [0.05, 0.1) is 25.2 Å². The SMILES string of the molecule is COC(=O)CCN1CCN(Cc2ccccc2C#N)CC1. The van der Waals surface area contributed by atoms with E-state index in [9.17, 15) is 4.79 Å². The minimum absolute atomic E-state index is 0.152. The van der Waals surface area contributed by atoms with E-state index in [1.165, 1.54) is 7.11 Å². The molecule has 1 fully saturated rings. The molecule has 0 radical (unpaired) electrons. The number of piperazine rings is 1. The van der Waals surface area contributed by atoms with Gasteiger partial charge in [-0.1, -0.05) is 18.2 Å². The van der Waals surface area contributed by atoms with Crippen molar-refractivity contribution in [3.8, 4) is 6.07 Å². The fraction of sp³-hybridized carbons (Fsp3) is 0.500. The highest BCUT2D eigenvalue weighted by Crippen LogP contribution is 2.12. The molecular formula is C16H21N3O2. The van der Waals surface area contributed by atoms with E-state index in [1.807, 2.05) is 24.3 Å². The number of carbonyl (C=O) groups excluding carboxylic acids is 1. The standard InChI is InChI=1S/C16H21N3O2/c1-21-16(20)6-7-18-8-10-19(11-9-18)13-15-5-3-2-4-14(15)12-17/h2-5H,6-11,13H2,1H3. The van der Waals surface area contributed by atoms with Crippen molar-refractivity contribution in [1.82, 2.24) is 9.80 Å². The van der Waals surface area contributed by atoms with Crippen LogP contribution in [0, 0.1) is 11.3 Å². The number of carbonyl (C=O) groups is 1. The van der Waals surface area contributed by atoms with Gasteiger partial charge in [-0.25, -0.2) is 0 Å². The second kappa shape index (κ2) is 7.77. The molecule has 0 aliphatic carbocycles. The Hall–Kier alpha value is -1.90. The lowest BCUT2D eigenvalue weighted by atomic mass is 10.1. The average molecular weight is 287 g/mol. The maximum absolute atomic E-state index is 11.1. The Balaban J connectivity index is 1.79. The summed E-state index contributed by atoms with van der Waals surface area (Å²) in [7, 11) is 1.42. The summed E-state index contributed by atoms with van der Waals surface area (Å²) in [6, 6.07) is 9.99. The molecule has 0 amide bonds. The third-order valence-electron chi connectivity index (χ3n) is 3.86. The molecule has 0 atom stereocenters. The fourth-order valence-corrected chi connectivity index (χ4v) is 2.53. The number of methoxy groups -OCH3 is 1. The molecule has 1 aliphatic rings. The van der Waals surface area contributed by atoms with Crippen LogP contribution in [0.2, 0.25) is 0 Å². The summed E-state index contributed by atoms with van der Waals surface area (Å²) < 4.78 is 4.66. The van der Waals surface area contributed by atoms with Gasteiger partial charge in [-0.15, -0.1) is 0 Å². The number of esters is 1. The molecule has 2 rings (SSSR count). The monoisotopic (exact) mass is 287 g/mol. The van der Waals surface area contributed by atoms with Crippen LogP contribution in [0.4, 0.5) is 0 Å². The summed E-state index contributed by atoms with van der Waals surface area (Å²) in [4.78, 5) is 15.8. The Labute approximate surface area is 125 Å². The molecule has 5 heteroatoms. The van der Waals surface area contributed by atoms with Gasteiger partial charge in [0.2, 0.25) is 0 Å². The Morgan fingerprint density at radius 3 is 2.57 bits per heavy atom. The van der Waals surface area contributed by atoms with Crippen LogP contribution in [0.25, 0.3) is 0 Å². The lowest BCUT2D eigenvalue weighted by Gasteiger charge is -2.34. The van der Waals surface area contributed by atoms with Gasteiger partial charge in [0.15, 0.2) is 0 Å². The maximum atomic E-state index is 11.1. The van der Waals surface area contributed by atoms with Crippen molar-refractivity contribution < 1.29 is 9.53 Å². The third kappa shape index (κ3) is 4.55. The highest BCUT2D eigenvalue weighted by molar-refractivity contribution is 5.69. The second-order valence-corrected chi connectivity index (χ2v) is 5.21. The molecule has 1 aliphatic heterocycles. The Bertz CT molecular complexity index is 516. The van der Waals surface area contributed by atoms with Crippen LogP contribution in [0.15, 0.2) is 24.3 Å². The highest BCUT2D eigenvalue weighted by Gasteiger charge is 2.18. The maximum Gasteiger partial charge on any atom is 0.306 e. The van der Waals surface area contributed by atoms with Crippen molar-refractivity contribution in [2.75, 3.05) is 39.8 Å². The summed E-state index contributed by atoms with van der Waals surface area (Å²) >= 11 is 0. The van der Waals surface area contributed by atoms with Gasteiger partial charge in [-0.2, -0.15) is 5.26 Å². The van der Waals surface area contributed by atoms with Gasteiger partial charge in [-0.05, 0) is 11.6 Å². The van der Waals surface area contributed by atoms with Crippen molar-refractivity contribution in [2.45, 2.75) is 13.0 Å². The van der Waals surface area contributed by atoms with Crippen LogP contribution in [0.5, 0.6) is 0 Å². The van der Waals surface area contributed by atoms with Gasteiger partial charge < -0.3 is 9.64 Å². The topological polar surface area (TPSA) is 56.6 Å². The summed E-state index contributed by atoms with van der Waals surface area (Å²) in [5.74, 6) is -0.152. The van der Waals surface area contributed by atoms with Crippen LogP contribution in [0.3, 0.4) is 0 Å². The van der Waals surface area contributed by atoms with E-state index in [0.29, 0.717) is 6.42 Å². The number of nitrogens with zero attached hydrogens (tertiary/aromatic N) is 3. The minimum Gasteiger partial charge on any atom is -0.469 e. The van der Waals surface area contributed by atoms with Gasteiger partial charge in [0.25, 0.3) is 0 Å². The van der Waals surface area contributed by atoms with Gasteiger partial charge in [-0.3, -0.25) is 9.69 Å². The van der Waals surface area contributed by atoms with Crippen LogP contribution in [0.1, 0.15) is 17.5 Å². The smallest absolute Gasteiger partial charge is 0.306 e. The number of hydrogen-bond acceptors (Lipinski definition) is 5. The van der Waals surface area contributed by atoms with Crippen molar-refractivity contribution in [3.63, 3.8) is 0 Å². The Morgan fingerprint density at radius 1 is 1.24 bits per heavy atom. The largest absolute Gasteiger partial charge is 0.469 e. The quantitative estimate of drug-likeness (QED) is 0.763. The first-order valence-electron chi connectivity index (χ1n) is 7.22. The first kappa shape index (κ1) is 15.5. The van der Waals surface area contributed by atoms with E-state index in [1.54, 1.807) is 0 Å². The molecule has 0 N–H and O–H groups in total. The molecule has 1 saturated heterocycles. The first-order chi connectivity index (χ1) is 10.2. The number of ether oxygens (including phenoxy) is 1. The van der Waals surface area contributed by atoms with Gasteiger partial charge >= 0.3 is 5.97 Å². The first-order valence-corrected chi connectivity index (χ1v) is 7.22. The van der Waals surface area contributed by atoms with E-state index in [0.717, 1.165) is 50.4 Å².